The van der Waals surface area contributed by atoms with E-state index < -0.39 is 12.3 Å². The highest BCUT2D eigenvalue weighted by Crippen LogP contribution is 1.97. The molecule has 0 aromatic carbocycles. The lowest BCUT2D eigenvalue weighted by atomic mass is 10.3. The molecule has 1 unspecified atom stereocenters. The van der Waals surface area contributed by atoms with E-state index in [9.17, 15) is 4.79 Å². The Morgan fingerprint density at radius 2 is 1.65 bits per heavy atom. The van der Waals surface area contributed by atoms with Gasteiger partial charge in [0.05, 0.1) is 11.8 Å². The second kappa shape index (κ2) is 17.3. The maximum absolute atomic E-state index is 10.2. The third-order valence-corrected chi connectivity index (χ3v) is 1.11. The van der Waals surface area contributed by atoms with Crippen LogP contribution in [0.1, 0.15) is 27.7 Å². The van der Waals surface area contributed by atoms with Crippen molar-refractivity contribution in [3.8, 4) is 0 Å². The van der Waals surface area contributed by atoms with Crippen LogP contribution in [-0.4, -0.2) is 47.9 Å². The van der Waals surface area contributed by atoms with Gasteiger partial charge in [0.1, 0.15) is 0 Å². The molecule has 0 spiro atoms. The molecule has 17 heavy (non-hydrogen) atoms. The third-order valence-electron chi connectivity index (χ3n) is 1.11. The zero-order valence-corrected chi connectivity index (χ0v) is 11.1. The van der Waals surface area contributed by atoms with Crippen molar-refractivity contribution in [3.63, 3.8) is 0 Å². The Morgan fingerprint density at radius 1 is 1.29 bits per heavy atom. The lowest BCUT2D eigenvalue weighted by Crippen LogP contribution is -2.07. The third kappa shape index (κ3) is 25.3. The lowest BCUT2D eigenvalue weighted by Gasteiger charge is -2.08. The normalized spacial score (nSPS) is 11.4. The van der Waals surface area contributed by atoms with Crippen molar-refractivity contribution in [3.05, 3.63) is 11.8 Å². The van der Waals surface area contributed by atoms with Gasteiger partial charge < -0.3 is 24.8 Å². The molecule has 0 rings (SSSR count). The Labute approximate surface area is 102 Å². The molecule has 0 amide bonds. The fourth-order valence-electron chi connectivity index (χ4n) is 0.304. The summed E-state index contributed by atoms with van der Waals surface area (Å²) < 4.78 is 9.57. The highest BCUT2D eigenvalue weighted by Gasteiger charge is 2.01. The number of aliphatic hydroxyl groups excluding tert-OH is 2. The molecule has 0 aromatic heterocycles. The maximum atomic E-state index is 10.2. The average Bonchev–Trinajstić information content (AvgIpc) is 2.27. The zero-order valence-electron chi connectivity index (χ0n) is 11.1. The van der Waals surface area contributed by atoms with Gasteiger partial charge in [-0.3, -0.25) is 0 Å². The first kappa shape index (κ1) is 21.2. The number of hydrogen-bond donors (Lipinski definition) is 3. The molecule has 104 valence electrons. The van der Waals surface area contributed by atoms with Gasteiger partial charge in [-0.2, -0.15) is 0 Å². The van der Waals surface area contributed by atoms with E-state index in [1.54, 1.807) is 20.8 Å². The second-order valence-corrected chi connectivity index (χ2v) is 2.68. The number of aliphatic carboxylic acids is 1. The molecule has 0 aliphatic heterocycles. The predicted molar refractivity (Wildman–Crippen MR) is 64.5 cm³/mol. The van der Waals surface area contributed by atoms with Crippen LogP contribution in [0.15, 0.2) is 11.8 Å². The molecule has 0 aliphatic carbocycles. The van der Waals surface area contributed by atoms with Crippen molar-refractivity contribution in [2.24, 2.45) is 0 Å². The topological polar surface area (TPSA) is 96.2 Å². The molecule has 0 fully saturated rings. The largest absolute Gasteiger partial charge is 0.478 e. The van der Waals surface area contributed by atoms with Crippen LogP contribution in [0.3, 0.4) is 0 Å². The lowest BCUT2D eigenvalue weighted by molar-refractivity contribution is -0.133. The molecule has 3 N–H and O–H groups in total. The highest BCUT2D eigenvalue weighted by atomic mass is 16.7. The molecule has 0 saturated carbocycles. The van der Waals surface area contributed by atoms with Crippen LogP contribution in [0, 0.1) is 0 Å². The van der Waals surface area contributed by atoms with Crippen LogP contribution >= 0.6 is 0 Å². The fraction of sp³-hybridized carbons (Fsp3) is 0.727. The van der Waals surface area contributed by atoms with E-state index in [0.717, 1.165) is 6.26 Å². The maximum Gasteiger partial charge on any atom is 0.334 e. The molecule has 0 radical (unpaired) electrons. The summed E-state index contributed by atoms with van der Waals surface area (Å²) in [6.45, 7) is 6.98. The van der Waals surface area contributed by atoms with Crippen molar-refractivity contribution in [2.75, 3.05) is 20.3 Å². The van der Waals surface area contributed by atoms with E-state index in [-0.39, 0.29) is 18.8 Å². The van der Waals surface area contributed by atoms with Crippen molar-refractivity contribution < 1.29 is 29.6 Å². The van der Waals surface area contributed by atoms with E-state index in [1.807, 2.05) is 0 Å². The van der Waals surface area contributed by atoms with Crippen LogP contribution in [0.2, 0.25) is 0 Å². The first-order valence-electron chi connectivity index (χ1n) is 5.21. The number of ether oxygens (including phenoxy) is 2. The van der Waals surface area contributed by atoms with Crippen LogP contribution in [0.25, 0.3) is 0 Å². The standard InChI is InChI=1S/C7H12O4.2C2H6O/c1-5(7(8)9)4-11-6(2)10-3;2*1-2-3/h4,6H,1-3H3,(H,8,9);2*3H,2H2,1H3. The van der Waals surface area contributed by atoms with Gasteiger partial charge in [0.15, 0.2) is 6.29 Å². The molecule has 0 aliphatic rings. The Morgan fingerprint density at radius 3 is 1.88 bits per heavy atom. The number of hydrogen-bond acceptors (Lipinski definition) is 5. The summed E-state index contributed by atoms with van der Waals surface area (Å²) >= 11 is 0. The number of aliphatic hydroxyl groups is 2. The summed E-state index contributed by atoms with van der Waals surface area (Å²) in [6, 6.07) is 0. The minimum atomic E-state index is -0.992. The van der Waals surface area contributed by atoms with Crippen LogP contribution in [0.4, 0.5) is 0 Å². The van der Waals surface area contributed by atoms with Gasteiger partial charge in [0.2, 0.25) is 0 Å². The van der Waals surface area contributed by atoms with E-state index in [0.29, 0.717) is 0 Å². The number of carboxylic acids is 1. The Kier molecular flexibility index (Phi) is 21.6. The minimum absolute atomic E-state index is 0.147. The summed E-state index contributed by atoms with van der Waals surface area (Å²) in [5, 5.41) is 23.5. The Hall–Kier alpha value is -1.11. The van der Waals surface area contributed by atoms with E-state index in [1.165, 1.54) is 14.0 Å². The van der Waals surface area contributed by atoms with Gasteiger partial charge in [-0.05, 0) is 27.7 Å². The van der Waals surface area contributed by atoms with Gasteiger partial charge in [0.25, 0.3) is 0 Å². The van der Waals surface area contributed by atoms with Gasteiger partial charge in [-0.25, -0.2) is 4.79 Å². The Bertz CT molecular complexity index is 188. The Balaban J connectivity index is -0.000000273. The smallest absolute Gasteiger partial charge is 0.334 e. The molecule has 0 bridgehead atoms. The molecule has 1 atom stereocenters. The second-order valence-electron chi connectivity index (χ2n) is 2.68. The van der Waals surface area contributed by atoms with Gasteiger partial charge in [-0.1, -0.05) is 0 Å². The van der Waals surface area contributed by atoms with Gasteiger partial charge in [-0.15, -0.1) is 0 Å². The predicted octanol–water partition coefficient (Wildman–Crippen LogP) is 0.981. The summed E-state index contributed by atoms with van der Waals surface area (Å²) in [5.74, 6) is -0.992. The van der Waals surface area contributed by atoms with Crippen molar-refractivity contribution in [2.45, 2.75) is 34.0 Å². The number of carbonyl (C=O) groups is 1. The minimum Gasteiger partial charge on any atom is -0.478 e. The van der Waals surface area contributed by atoms with Crippen molar-refractivity contribution in [1.29, 1.82) is 0 Å². The zero-order chi connectivity index (χ0) is 14.3. The number of carboxylic acid groups (broad SMARTS) is 1. The summed E-state index contributed by atoms with van der Waals surface area (Å²) in [5.41, 5.74) is 0.147. The fourth-order valence-corrected chi connectivity index (χ4v) is 0.304. The number of rotatable bonds is 4. The van der Waals surface area contributed by atoms with Crippen LogP contribution in [0.5, 0.6) is 0 Å². The number of methoxy groups -OCH3 is 1. The molecule has 6 nitrogen and oxygen atoms in total. The van der Waals surface area contributed by atoms with Gasteiger partial charge >= 0.3 is 5.97 Å². The molecule has 6 heteroatoms. The van der Waals surface area contributed by atoms with Crippen LogP contribution in [-0.2, 0) is 14.3 Å². The quantitative estimate of drug-likeness (QED) is 0.392. The summed E-state index contributed by atoms with van der Waals surface area (Å²) in [7, 11) is 1.48. The molecule has 0 heterocycles. The average molecular weight is 252 g/mol. The van der Waals surface area contributed by atoms with Gasteiger partial charge in [0, 0.05) is 20.3 Å². The first-order chi connectivity index (χ1) is 7.90. The first-order valence-corrected chi connectivity index (χ1v) is 5.21. The van der Waals surface area contributed by atoms with E-state index in [2.05, 4.69) is 0 Å². The summed E-state index contributed by atoms with van der Waals surface area (Å²) in [6.07, 6.45) is 0.751. The monoisotopic (exact) mass is 252 g/mol. The van der Waals surface area contributed by atoms with Crippen molar-refractivity contribution in [1.82, 2.24) is 0 Å². The molecular formula is C11H24O6. The molecular weight excluding hydrogens is 228 g/mol. The SMILES string of the molecule is CCO.CCO.COC(C)OC=C(C)C(=O)O. The molecule has 0 saturated heterocycles. The molecule has 0 aromatic rings. The highest BCUT2D eigenvalue weighted by molar-refractivity contribution is 5.85. The van der Waals surface area contributed by atoms with E-state index in [4.69, 9.17) is 24.8 Å². The summed E-state index contributed by atoms with van der Waals surface area (Å²) in [4.78, 5) is 10.2. The van der Waals surface area contributed by atoms with Crippen LogP contribution < -0.4 is 0 Å². The van der Waals surface area contributed by atoms with E-state index >= 15 is 0 Å². The van der Waals surface area contributed by atoms with Crippen molar-refractivity contribution >= 4 is 5.97 Å².